The first-order valence-corrected chi connectivity index (χ1v) is 8.85. The average molecular weight is 364 g/mol. The minimum Gasteiger partial charge on any atom is -0.479 e. The molecule has 1 atom stereocenters. The molecule has 1 unspecified atom stereocenters. The van der Waals surface area contributed by atoms with E-state index in [9.17, 15) is 23.1 Å². The fourth-order valence-electron chi connectivity index (χ4n) is 2.66. The zero-order valence-electron chi connectivity index (χ0n) is 13.3. The van der Waals surface area contributed by atoms with Gasteiger partial charge in [-0.1, -0.05) is 24.3 Å². The van der Waals surface area contributed by atoms with Gasteiger partial charge in [-0.25, -0.2) is 13.2 Å². The molecule has 25 heavy (non-hydrogen) atoms. The molecule has 0 saturated carbocycles. The summed E-state index contributed by atoms with van der Waals surface area (Å²) in [7, 11) is -3.87. The van der Waals surface area contributed by atoms with Gasteiger partial charge in [-0.2, -0.15) is 0 Å². The van der Waals surface area contributed by atoms with Crippen molar-refractivity contribution in [1.82, 2.24) is 5.32 Å². The number of hydrogen-bond acceptors (Lipinski definition) is 5. The molecule has 1 amide bonds. The lowest BCUT2D eigenvalue weighted by Crippen LogP contribution is -2.49. The van der Waals surface area contributed by atoms with Gasteiger partial charge in [0.25, 0.3) is 10.0 Å². The monoisotopic (exact) mass is 364 g/mol. The highest BCUT2D eigenvalue weighted by Crippen LogP contribution is 2.41. The third kappa shape index (κ3) is 2.81. The molecule has 3 N–H and O–H groups in total. The summed E-state index contributed by atoms with van der Waals surface area (Å²) in [6.45, 7) is -0.00315. The molecule has 0 fully saturated rings. The Labute approximate surface area is 143 Å². The molecule has 2 aromatic carbocycles. The zero-order chi connectivity index (χ0) is 18.4. The topological polar surface area (TPSA) is 124 Å². The summed E-state index contributed by atoms with van der Waals surface area (Å²) < 4.78 is 26.4. The first-order chi connectivity index (χ1) is 11.6. The van der Waals surface area contributed by atoms with E-state index in [4.69, 9.17) is 5.11 Å². The van der Waals surface area contributed by atoms with Crippen LogP contribution < -0.4 is 9.62 Å². The normalized spacial score (nSPS) is 17.3. The number of sulfonamides is 1. The molecule has 2 aromatic rings. The molecular formula is C16H16N2O6S. The maximum absolute atomic E-state index is 12.7. The first kappa shape index (κ1) is 17.2. The number of carbonyl (C=O) groups excluding carboxylic acids is 1. The molecule has 1 heterocycles. The highest BCUT2D eigenvalue weighted by Gasteiger charge is 2.37. The van der Waals surface area contributed by atoms with Gasteiger partial charge in [0, 0.05) is 5.39 Å². The van der Waals surface area contributed by atoms with E-state index in [1.807, 2.05) is 0 Å². The van der Waals surface area contributed by atoms with Gasteiger partial charge in [-0.3, -0.25) is 9.10 Å². The van der Waals surface area contributed by atoms with Crippen LogP contribution in [-0.4, -0.2) is 49.2 Å². The summed E-state index contributed by atoms with van der Waals surface area (Å²) in [5.41, 5.74) is -1.74. The zero-order valence-corrected chi connectivity index (χ0v) is 14.1. The molecule has 9 heteroatoms. The van der Waals surface area contributed by atoms with Crippen LogP contribution >= 0.6 is 0 Å². The maximum atomic E-state index is 12.7. The molecule has 8 nitrogen and oxygen atoms in total. The van der Waals surface area contributed by atoms with Gasteiger partial charge in [0.1, 0.15) is 6.54 Å². The molecule has 3 rings (SSSR count). The Morgan fingerprint density at radius 2 is 1.84 bits per heavy atom. The number of benzene rings is 2. The van der Waals surface area contributed by atoms with Gasteiger partial charge in [0.2, 0.25) is 5.91 Å². The number of aliphatic carboxylic acids is 1. The maximum Gasteiger partial charge on any atom is 0.337 e. The van der Waals surface area contributed by atoms with E-state index in [2.05, 4.69) is 5.32 Å². The van der Waals surface area contributed by atoms with Crippen LogP contribution in [0.15, 0.2) is 41.3 Å². The predicted molar refractivity (Wildman–Crippen MR) is 89.7 cm³/mol. The second-order valence-electron chi connectivity index (χ2n) is 6.00. The lowest BCUT2D eigenvalue weighted by Gasteiger charge is -2.21. The number of carboxylic acids is 1. The van der Waals surface area contributed by atoms with Crippen LogP contribution in [0.3, 0.4) is 0 Å². The number of aliphatic hydroxyl groups is 1. The molecule has 0 saturated heterocycles. The molecule has 0 spiro atoms. The van der Waals surface area contributed by atoms with Crippen molar-refractivity contribution in [3.8, 4) is 0 Å². The lowest BCUT2D eigenvalue weighted by molar-refractivity contribution is -0.156. The average Bonchev–Trinajstić information content (AvgIpc) is 2.77. The number of rotatable bonds is 5. The van der Waals surface area contributed by atoms with Crippen LogP contribution in [0.25, 0.3) is 10.8 Å². The fraction of sp³-hybridized carbons (Fsp3) is 0.250. The number of hydrogen-bond donors (Lipinski definition) is 3. The van der Waals surface area contributed by atoms with Gasteiger partial charge in [0.15, 0.2) is 5.60 Å². The summed E-state index contributed by atoms with van der Waals surface area (Å²) in [5.74, 6) is -2.20. The van der Waals surface area contributed by atoms with Gasteiger partial charge >= 0.3 is 5.97 Å². The van der Waals surface area contributed by atoms with E-state index < -0.39 is 40.6 Å². The largest absolute Gasteiger partial charge is 0.479 e. The first-order valence-electron chi connectivity index (χ1n) is 7.41. The van der Waals surface area contributed by atoms with Crippen LogP contribution in [0.5, 0.6) is 0 Å². The molecule has 132 valence electrons. The molecule has 0 radical (unpaired) electrons. The number of nitrogens with one attached hydrogen (secondary N) is 1. The predicted octanol–water partition coefficient (Wildman–Crippen LogP) is 0.300. The summed E-state index contributed by atoms with van der Waals surface area (Å²) in [4.78, 5) is 23.1. The Hall–Kier alpha value is -2.65. The Morgan fingerprint density at radius 3 is 2.48 bits per heavy atom. The van der Waals surface area contributed by atoms with Gasteiger partial charge < -0.3 is 15.5 Å². The van der Waals surface area contributed by atoms with E-state index in [0.717, 1.165) is 16.6 Å². The van der Waals surface area contributed by atoms with E-state index in [0.29, 0.717) is 11.1 Å². The standard InChI is InChI=1S/C16H16N2O6S/c1-16(22,15(20)21)9-17-13(19)8-18-11-6-2-4-10-5-3-7-12(14(10)11)25(18,23)24/h2-7,22H,8-9H2,1H3,(H,17,19)(H,20,21). The Balaban J connectivity index is 1.86. The van der Waals surface area contributed by atoms with Crippen molar-refractivity contribution in [1.29, 1.82) is 0 Å². The van der Waals surface area contributed by atoms with E-state index in [1.54, 1.807) is 30.3 Å². The molecular weight excluding hydrogens is 348 g/mol. The van der Waals surface area contributed by atoms with Crippen molar-refractivity contribution >= 4 is 38.4 Å². The summed E-state index contributed by atoms with van der Waals surface area (Å²) >= 11 is 0. The molecule has 0 aromatic heterocycles. The quantitative estimate of drug-likeness (QED) is 0.701. The Kier molecular flexibility index (Phi) is 3.92. The van der Waals surface area contributed by atoms with Crippen LogP contribution in [-0.2, 0) is 19.6 Å². The van der Waals surface area contributed by atoms with E-state index >= 15 is 0 Å². The molecule has 0 bridgehead atoms. The molecule has 1 aliphatic rings. The number of amides is 1. The summed E-state index contributed by atoms with van der Waals surface area (Å²) in [5, 5.41) is 22.0. The summed E-state index contributed by atoms with van der Waals surface area (Å²) in [6.07, 6.45) is 0. The van der Waals surface area contributed by atoms with Gasteiger partial charge in [-0.05, 0) is 24.4 Å². The molecule has 1 aliphatic heterocycles. The lowest BCUT2D eigenvalue weighted by atomic mass is 10.1. The van der Waals surface area contributed by atoms with Gasteiger partial charge in [-0.15, -0.1) is 0 Å². The highest BCUT2D eigenvalue weighted by atomic mass is 32.2. The van der Waals surface area contributed by atoms with Crippen molar-refractivity contribution in [3.05, 3.63) is 36.4 Å². The number of nitrogens with zero attached hydrogens (tertiary/aromatic N) is 1. The second-order valence-corrected chi connectivity index (χ2v) is 7.83. The van der Waals surface area contributed by atoms with Gasteiger partial charge in [0.05, 0.1) is 17.1 Å². The van der Waals surface area contributed by atoms with Crippen LogP contribution in [0.2, 0.25) is 0 Å². The number of carboxylic acid groups (broad SMARTS) is 1. The van der Waals surface area contributed by atoms with Crippen LogP contribution in [0.1, 0.15) is 6.92 Å². The second kappa shape index (κ2) is 5.71. The number of anilines is 1. The smallest absolute Gasteiger partial charge is 0.337 e. The highest BCUT2D eigenvalue weighted by molar-refractivity contribution is 7.93. The van der Waals surface area contributed by atoms with Crippen molar-refractivity contribution < 1.29 is 28.2 Å². The van der Waals surface area contributed by atoms with Crippen LogP contribution in [0.4, 0.5) is 5.69 Å². The third-order valence-corrected chi connectivity index (χ3v) is 5.86. The summed E-state index contributed by atoms with van der Waals surface area (Å²) in [6, 6.07) is 9.98. The Morgan fingerprint density at radius 1 is 1.20 bits per heavy atom. The fourth-order valence-corrected chi connectivity index (χ4v) is 4.33. The van der Waals surface area contributed by atoms with E-state index in [-0.39, 0.29) is 4.90 Å². The van der Waals surface area contributed by atoms with Crippen molar-refractivity contribution in [2.24, 2.45) is 0 Å². The third-order valence-electron chi connectivity index (χ3n) is 4.06. The van der Waals surface area contributed by atoms with Crippen molar-refractivity contribution in [2.45, 2.75) is 17.4 Å². The van der Waals surface area contributed by atoms with Crippen molar-refractivity contribution in [2.75, 3.05) is 17.4 Å². The minimum absolute atomic E-state index is 0.130. The number of carbonyl (C=O) groups is 2. The van der Waals surface area contributed by atoms with Crippen molar-refractivity contribution in [3.63, 3.8) is 0 Å². The minimum atomic E-state index is -3.87. The molecule has 0 aliphatic carbocycles. The SMILES string of the molecule is CC(O)(CNC(=O)CN1c2cccc3cccc(c23)S1(=O)=O)C(=O)O. The Bertz CT molecular complexity index is 978. The van der Waals surface area contributed by atoms with Crippen LogP contribution in [0, 0.1) is 0 Å². The van der Waals surface area contributed by atoms with E-state index in [1.165, 1.54) is 6.07 Å².